The molecule has 0 aromatic heterocycles. The highest BCUT2D eigenvalue weighted by atomic mass is 35.5. The Kier molecular flexibility index (Phi) is 5.86. The first kappa shape index (κ1) is 11.4. The summed E-state index contributed by atoms with van der Waals surface area (Å²) in [5, 5.41) is 0. The van der Waals surface area contributed by atoms with E-state index in [-0.39, 0.29) is 0 Å². The van der Waals surface area contributed by atoms with Crippen molar-refractivity contribution in [1.82, 2.24) is 0 Å². The van der Waals surface area contributed by atoms with E-state index in [1.54, 1.807) is 0 Å². The lowest BCUT2D eigenvalue weighted by Crippen LogP contribution is -2.15. The van der Waals surface area contributed by atoms with E-state index < -0.39 is 0 Å². The normalized spacial score (nSPS) is 29.1. The summed E-state index contributed by atoms with van der Waals surface area (Å²) >= 11 is 5.85. The zero-order valence-electron chi connectivity index (χ0n) is 8.90. The van der Waals surface area contributed by atoms with Crippen LogP contribution < -0.4 is 0 Å². The zero-order valence-corrected chi connectivity index (χ0v) is 9.65. The van der Waals surface area contributed by atoms with Crippen LogP contribution in [0.5, 0.6) is 0 Å². The lowest BCUT2D eigenvalue weighted by Gasteiger charge is -2.27. The van der Waals surface area contributed by atoms with Crippen molar-refractivity contribution in [2.45, 2.75) is 58.3 Å². The van der Waals surface area contributed by atoms with Gasteiger partial charge in [0.1, 0.15) is 0 Å². The Labute approximate surface area is 88.1 Å². The van der Waals surface area contributed by atoms with Gasteiger partial charge in [-0.2, -0.15) is 0 Å². The molecule has 0 aromatic rings. The van der Waals surface area contributed by atoms with E-state index in [0.29, 0.717) is 0 Å². The van der Waals surface area contributed by atoms with Gasteiger partial charge in [0.05, 0.1) is 0 Å². The number of hydrogen-bond donors (Lipinski definition) is 0. The molecule has 0 heterocycles. The third-order valence-electron chi connectivity index (χ3n) is 3.40. The Morgan fingerprint density at radius 1 is 1.00 bits per heavy atom. The first-order valence-corrected chi connectivity index (χ1v) is 6.46. The third kappa shape index (κ3) is 4.35. The average Bonchev–Trinajstić information content (AvgIpc) is 2.19. The zero-order chi connectivity index (χ0) is 9.52. The highest BCUT2D eigenvalue weighted by molar-refractivity contribution is 6.18. The van der Waals surface area contributed by atoms with Gasteiger partial charge in [0.25, 0.3) is 0 Å². The van der Waals surface area contributed by atoms with Gasteiger partial charge in [-0.05, 0) is 24.7 Å². The first-order chi connectivity index (χ1) is 6.36. The second-order valence-electron chi connectivity index (χ2n) is 4.54. The van der Waals surface area contributed by atoms with Crippen molar-refractivity contribution < 1.29 is 0 Å². The molecule has 13 heavy (non-hydrogen) atoms. The lowest BCUT2D eigenvalue weighted by molar-refractivity contribution is 0.274. The monoisotopic (exact) mass is 202 g/mol. The van der Waals surface area contributed by atoms with Gasteiger partial charge in [-0.15, -0.1) is 11.6 Å². The second-order valence-corrected chi connectivity index (χ2v) is 4.85. The molecule has 0 aromatic carbocycles. The van der Waals surface area contributed by atoms with Gasteiger partial charge in [0.2, 0.25) is 0 Å². The molecule has 0 unspecified atom stereocenters. The van der Waals surface area contributed by atoms with E-state index in [4.69, 9.17) is 11.6 Å². The predicted octanol–water partition coefficient (Wildman–Crippen LogP) is 4.61. The highest BCUT2D eigenvalue weighted by Gasteiger charge is 2.19. The van der Waals surface area contributed by atoms with Crippen LogP contribution in [0.2, 0.25) is 0 Å². The molecule has 0 bridgehead atoms. The van der Waals surface area contributed by atoms with E-state index in [9.17, 15) is 0 Å². The Balaban J connectivity index is 2.03. The maximum Gasteiger partial charge on any atom is 0.0251 e. The summed E-state index contributed by atoms with van der Waals surface area (Å²) in [6.07, 6.45) is 11.4. The molecule has 0 amide bonds. The number of halogens is 1. The van der Waals surface area contributed by atoms with Crippen molar-refractivity contribution in [2.24, 2.45) is 11.8 Å². The number of rotatable bonds is 5. The minimum absolute atomic E-state index is 0.837. The summed E-state index contributed by atoms with van der Waals surface area (Å²) in [5.41, 5.74) is 0. The van der Waals surface area contributed by atoms with Crippen molar-refractivity contribution in [1.29, 1.82) is 0 Å². The molecule has 1 fully saturated rings. The van der Waals surface area contributed by atoms with Gasteiger partial charge in [0, 0.05) is 5.88 Å². The number of unbranched alkanes of at least 4 members (excludes halogenated alkanes) is 2. The maximum absolute atomic E-state index is 5.85. The van der Waals surface area contributed by atoms with E-state index in [1.165, 1.54) is 51.4 Å². The first-order valence-electron chi connectivity index (χ1n) is 5.92. The maximum atomic E-state index is 5.85. The van der Waals surface area contributed by atoms with E-state index in [1.807, 2.05) is 0 Å². The number of alkyl halides is 1. The quantitative estimate of drug-likeness (QED) is 0.451. The van der Waals surface area contributed by atoms with Crippen LogP contribution >= 0.6 is 11.6 Å². The molecule has 1 rings (SSSR count). The summed E-state index contributed by atoms with van der Waals surface area (Å²) in [6.45, 7) is 2.28. The standard InChI is InChI=1S/C12H23Cl/c1-2-3-4-5-11-6-8-12(10-13)9-7-11/h11-12H,2-10H2,1H3. The topological polar surface area (TPSA) is 0 Å². The van der Waals surface area contributed by atoms with Crippen LogP contribution in [0.15, 0.2) is 0 Å². The van der Waals surface area contributed by atoms with Gasteiger partial charge >= 0.3 is 0 Å². The Bertz CT molecular complexity index is 112. The highest BCUT2D eigenvalue weighted by Crippen LogP contribution is 2.32. The predicted molar refractivity (Wildman–Crippen MR) is 60.3 cm³/mol. The summed E-state index contributed by atoms with van der Waals surface area (Å²) in [5.74, 6) is 2.76. The summed E-state index contributed by atoms with van der Waals surface area (Å²) in [6, 6.07) is 0. The Morgan fingerprint density at radius 3 is 2.15 bits per heavy atom. The van der Waals surface area contributed by atoms with E-state index >= 15 is 0 Å². The van der Waals surface area contributed by atoms with Gasteiger partial charge in [-0.1, -0.05) is 45.4 Å². The Hall–Kier alpha value is 0.290. The second kappa shape index (κ2) is 6.70. The smallest absolute Gasteiger partial charge is 0.0251 e. The summed E-state index contributed by atoms with van der Waals surface area (Å²) < 4.78 is 0. The third-order valence-corrected chi connectivity index (χ3v) is 3.84. The summed E-state index contributed by atoms with van der Waals surface area (Å²) in [7, 11) is 0. The van der Waals surface area contributed by atoms with Crippen molar-refractivity contribution in [3.8, 4) is 0 Å². The minimum Gasteiger partial charge on any atom is -0.126 e. The molecule has 1 saturated carbocycles. The summed E-state index contributed by atoms with van der Waals surface area (Å²) in [4.78, 5) is 0. The van der Waals surface area contributed by atoms with Crippen LogP contribution in [-0.4, -0.2) is 5.88 Å². The largest absolute Gasteiger partial charge is 0.126 e. The lowest BCUT2D eigenvalue weighted by atomic mass is 9.80. The van der Waals surface area contributed by atoms with Crippen molar-refractivity contribution in [3.63, 3.8) is 0 Å². The average molecular weight is 203 g/mol. The van der Waals surface area contributed by atoms with Crippen molar-refractivity contribution in [2.75, 3.05) is 5.88 Å². The van der Waals surface area contributed by atoms with E-state index in [0.717, 1.165) is 17.7 Å². The molecular weight excluding hydrogens is 180 g/mol. The molecular formula is C12H23Cl. The number of hydrogen-bond acceptors (Lipinski definition) is 0. The van der Waals surface area contributed by atoms with Crippen LogP contribution in [0.3, 0.4) is 0 Å². The molecule has 0 N–H and O–H groups in total. The van der Waals surface area contributed by atoms with Crippen LogP contribution in [0, 0.1) is 11.8 Å². The fourth-order valence-electron chi connectivity index (χ4n) is 2.36. The minimum atomic E-state index is 0.837. The van der Waals surface area contributed by atoms with Crippen LogP contribution in [0.1, 0.15) is 58.3 Å². The fraction of sp³-hybridized carbons (Fsp3) is 1.00. The molecule has 0 radical (unpaired) electrons. The van der Waals surface area contributed by atoms with E-state index in [2.05, 4.69) is 6.92 Å². The molecule has 0 nitrogen and oxygen atoms in total. The van der Waals surface area contributed by atoms with Crippen LogP contribution in [0.25, 0.3) is 0 Å². The van der Waals surface area contributed by atoms with Crippen molar-refractivity contribution >= 4 is 11.6 Å². The fourth-order valence-corrected chi connectivity index (χ4v) is 2.67. The molecule has 1 heteroatoms. The molecule has 1 aliphatic rings. The van der Waals surface area contributed by atoms with Gasteiger partial charge in [-0.25, -0.2) is 0 Å². The van der Waals surface area contributed by atoms with Crippen LogP contribution in [-0.2, 0) is 0 Å². The molecule has 78 valence electrons. The molecule has 0 aliphatic heterocycles. The molecule has 1 aliphatic carbocycles. The van der Waals surface area contributed by atoms with Crippen molar-refractivity contribution in [3.05, 3.63) is 0 Å². The Morgan fingerprint density at radius 2 is 1.62 bits per heavy atom. The van der Waals surface area contributed by atoms with Gasteiger partial charge < -0.3 is 0 Å². The van der Waals surface area contributed by atoms with Crippen LogP contribution in [0.4, 0.5) is 0 Å². The van der Waals surface area contributed by atoms with Gasteiger partial charge in [-0.3, -0.25) is 0 Å². The molecule has 0 saturated heterocycles. The SMILES string of the molecule is CCCCCC1CCC(CCl)CC1. The molecule has 0 spiro atoms. The van der Waals surface area contributed by atoms with Gasteiger partial charge in [0.15, 0.2) is 0 Å². The molecule has 0 atom stereocenters.